The molecule has 78 valence electrons. The lowest BCUT2D eigenvalue weighted by molar-refractivity contribution is -0.139. The molecule has 13 heavy (non-hydrogen) atoms. The van der Waals surface area contributed by atoms with Crippen LogP contribution in [0.4, 0.5) is 0 Å². The number of aliphatic hydroxyl groups excluding tert-OH is 1. The zero-order valence-electron chi connectivity index (χ0n) is 8.33. The Morgan fingerprint density at radius 1 is 1.23 bits per heavy atom. The molecule has 0 saturated carbocycles. The third-order valence-electron chi connectivity index (χ3n) is 2.05. The van der Waals surface area contributed by atoms with Gasteiger partial charge in [0.25, 0.3) is 0 Å². The van der Waals surface area contributed by atoms with E-state index in [0.29, 0.717) is 6.42 Å². The lowest BCUT2D eigenvalue weighted by Gasteiger charge is -2.06. The maximum absolute atomic E-state index is 10.2. The van der Waals surface area contributed by atoms with Crippen LogP contribution in [0.1, 0.15) is 51.9 Å². The van der Waals surface area contributed by atoms with Crippen molar-refractivity contribution < 1.29 is 15.0 Å². The first-order valence-electron chi connectivity index (χ1n) is 5.06. The van der Waals surface area contributed by atoms with Crippen molar-refractivity contribution in [3.63, 3.8) is 0 Å². The van der Waals surface area contributed by atoms with Crippen LogP contribution in [0.3, 0.4) is 0 Å². The minimum atomic E-state index is -0.916. The summed E-state index contributed by atoms with van der Waals surface area (Å²) < 4.78 is 0. The highest BCUT2D eigenvalue weighted by molar-refractivity contribution is 5.67. The standard InChI is InChI=1S/C10H20O3/c1-2-3-4-5-6-7-9(11)8-10(12)13/h9,11H,2-8H2,1H3,(H,12,13)/t9-/m1/s1/i10+1. The Morgan fingerprint density at radius 2 is 1.85 bits per heavy atom. The fourth-order valence-electron chi connectivity index (χ4n) is 1.29. The van der Waals surface area contributed by atoms with E-state index in [1.807, 2.05) is 0 Å². The van der Waals surface area contributed by atoms with Crippen molar-refractivity contribution in [2.75, 3.05) is 0 Å². The van der Waals surface area contributed by atoms with E-state index in [0.717, 1.165) is 12.8 Å². The fourth-order valence-corrected chi connectivity index (χ4v) is 1.29. The van der Waals surface area contributed by atoms with Gasteiger partial charge in [-0.2, -0.15) is 0 Å². The van der Waals surface area contributed by atoms with Crippen LogP contribution in [0.2, 0.25) is 0 Å². The SMILES string of the molecule is CCCCCCC[C@@H](O)C[13C](=O)O. The van der Waals surface area contributed by atoms with Gasteiger partial charge in [-0.25, -0.2) is 0 Å². The normalized spacial score (nSPS) is 12.8. The molecule has 0 aliphatic rings. The molecule has 0 aromatic carbocycles. The molecule has 0 aliphatic heterocycles. The molecule has 0 aliphatic carbocycles. The Labute approximate surface area is 79.8 Å². The smallest absolute Gasteiger partial charge is 0.305 e. The summed E-state index contributed by atoms with van der Waals surface area (Å²) in [6, 6.07) is 0. The van der Waals surface area contributed by atoms with Gasteiger partial charge in [0.15, 0.2) is 0 Å². The first-order valence-corrected chi connectivity index (χ1v) is 5.06. The molecule has 0 aromatic rings. The molecule has 0 fully saturated rings. The van der Waals surface area contributed by atoms with Gasteiger partial charge in [0.2, 0.25) is 0 Å². The van der Waals surface area contributed by atoms with Crippen molar-refractivity contribution in [1.29, 1.82) is 0 Å². The fraction of sp³-hybridized carbons (Fsp3) is 0.900. The molecule has 3 heteroatoms. The Balaban J connectivity index is 3.17. The average molecular weight is 189 g/mol. The second kappa shape index (κ2) is 8.05. The monoisotopic (exact) mass is 189 g/mol. The number of carbonyl (C=O) groups is 1. The number of carboxylic acid groups (broad SMARTS) is 1. The zero-order chi connectivity index (χ0) is 10.1. The van der Waals surface area contributed by atoms with E-state index in [1.54, 1.807) is 0 Å². The van der Waals surface area contributed by atoms with Gasteiger partial charge in [0, 0.05) is 0 Å². The summed E-state index contributed by atoms with van der Waals surface area (Å²) in [5.41, 5.74) is 0. The first-order chi connectivity index (χ1) is 6.16. The van der Waals surface area contributed by atoms with Crippen LogP contribution < -0.4 is 0 Å². The zero-order valence-corrected chi connectivity index (χ0v) is 8.33. The summed E-state index contributed by atoms with van der Waals surface area (Å²) in [6.45, 7) is 2.15. The molecule has 0 rings (SSSR count). The maximum Gasteiger partial charge on any atom is 0.305 e. The van der Waals surface area contributed by atoms with E-state index in [9.17, 15) is 9.90 Å². The molecule has 3 nitrogen and oxygen atoms in total. The number of carboxylic acids is 1. The highest BCUT2D eigenvalue weighted by atomic mass is 16.5. The molecular formula is C10H20O3. The number of aliphatic carboxylic acids is 1. The average Bonchev–Trinajstić information content (AvgIpc) is 2.02. The molecule has 0 radical (unpaired) electrons. The largest absolute Gasteiger partial charge is 0.481 e. The van der Waals surface area contributed by atoms with Gasteiger partial charge in [0.1, 0.15) is 0 Å². The Hall–Kier alpha value is -0.570. The quantitative estimate of drug-likeness (QED) is 0.454. The Morgan fingerprint density at radius 3 is 2.38 bits per heavy atom. The maximum atomic E-state index is 10.2. The molecule has 0 saturated heterocycles. The minimum absolute atomic E-state index is 0.117. The second-order valence-corrected chi connectivity index (χ2v) is 3.45. The van der Waals surface area contributed by atoms with Gasteiger partial charge in [0.05, 0.1) is 12.5 Å². The molecule has 0 spiro atoms. The van der Waals surface area contributed by atoms with Crippen molar-refractivity contribution in [3.8, 4) is 0 Å². The van der Waals surface area contributed by atoms with E-state index in [2.05, 4.69) is 6.92 Å². The minimum Gasteiger partial charge on any atom is -0.481 e. The summed E-state index contributed by atoms with van der Waals surface area (Å²) in [5, 5.41) is 17.6. The molecule has 2 N–H and O–H groups in total. The summed E-state index contributed by atoms with van der Waals surface area (Å²) in [5.74, 6) is -0.916. The van der Waals surface area contributed by atoms with Crippen LogP contribution >= 0.6 is 0 Å². The highest BCUT2D eigenvalue weighted by Gasteiger charge is 2.08. The Kier molecular flexibility index (Phi) is 7.69. The predicted octanol–water partition coefficient (Wildman–Crippen LogP) is 2.18. The van der Waals surface area contributed by atoms with E-state index < -0.39 is 12.1 Å². The summed E-state index contributed by atoms with van der Waals surface area (Å²) >= 11 is 0. The van der Waals surface area contributed by atoms with Gasteiger partial charge in [-0.3, -0.25) is 4.79 Å². The van der Waals surface area contributed by atoms with Crippen molar-refractivity contribution in [2.45, 2.75) is 58.0 Å². The first kappa shape index (κ1) is 12.4. The molecular weight excluding hydrogens is 169 g/mol. The van der Waals surface area contributed by atoms with Crippen LogP contribution in [0.25, 0.3) is 0 Å². The third kappa shape index (κ3) is 9.34. The number of hydrogen-bond acceptors (Lipinski definition) is 2. The van der Waals surface area contributed by atoms with Gasteiger partial charge < -0.3 is 10.2 Å². The van der Waals surface area contributed by atoms with Gasteiger partial charge in [-0.1, -0.05) is 39.0 Å². The number of aliphatic hydroxyl groups is 1. The lowest BCUT2D eigenvalue weighted by atomic mass is 10.1. The van der Waals surface area contributed by atoms with Crippen LogP contribution in [0, 0.1) is 0 Å². The summed E-state index contributed by atoms with van der Waals surface area (Å²) in [7, 11) is 0. The molecule has 0 amide bonds. The molecule has 0 aromatic heterocycles. The molecule has 0 heterocycles. The molecule has 1 atom stereocenters. The predicted molar refractivity (Wildman–Crippen MR) is 51.6 cm³/mol. The lowest BCUT2D eigenvalue weighted by Crippen LogP contribution is -2.12. The van der Waals surface area contributed by atoms with Gasteiger partial charge >= 0.3 is 5.97 Å². The van der Waals surface area contributed by atoms with Crippen LogP contribution in [0.15, 0.2) is 0 Å². The number of rotatable bonds is 8. The van der Waals surface area contributed by atoms with Crippen LogP contribution in [-0.2, 0) is 4.79 Å². The molecule has 0 unspecified atom stereocenters. The van der Waals surface area contributed by atoms with Gasteiger partial charge in [-0.05, 0) is 6.42 Å². The van der Waals surface area contributed by atoms with Crippen molar-refractivity contribution in [1.82, 2.24) is 0 Å². The van der Waals surface area contributed by atoms with Crippen molar-refractivity contribution in [3.05, 3.63) is 0 Å². The van der Waals surface area contributed by atoms with Crippen molar-refractivity contribution >= 4 is 5.97 Å². The van der Waals surface area contributed by atoms with E-state index in [1.165, 1.54) is 19.3 Å². The van der Waals surface area contributed by atoms with Crippen LogP contribution in [-0.4, -0.2) is 22.3 Å². The summed E-state index contributed by atoms with van der Waals surface area (Å²) in [4.78, 5) is 10.2. The van der Waals surface area contributed by atoms with E-state index >= 15 is 0 Å². The third-order valence-corrected chi connectivity index (χ3v) is 2.05. The van der Waals surface area contributed by atoms with E-state index in [4.69, 9.17) is 5.11 Å². The van der Waals surface area contributed by atoms with E-state index in [-0.39, 0.29) is 6.42 Å². The second-order valence-electron chi connectivity index (χ2n) is 3.45. The number of unbranched alkanes of at least 4 members (excludes halogenated alkanes) is 4. The van der Waals surface area contributed by atoms with Crippen LogP contribution in [0.5, 0.6) is 0 Å². The topological polar surface area (TPSA) is 57.5 Å². The molecule has 0 bridgehead atoms. The highest BCUT2D eigenvalue weighted by Crippen LogP contribution is 2.08. The number of hydrogen-bond donors (Lipinski definition) is 2. The van der Waals surface area contributed by atoms with Gasteiger partial charge in [-0.15, -0.1) is 0 Å². The van der Waals surface area contributed by atoms with Crippen molar-refractivity contribution in [2.24, 2.45) is 0 Å². The Bertz CT molecular complexity index is 134. The summed E-state index contributed by atoms with van der Waals surface area (Å²) in [6.07, 6.45) is 5.52.